The topological polar surface area (TPSA) is 59.0 Å². The Kier molecular flexibility index (Phi) is 3.84. The number of hydrogen-bond donors (Lipinski definition) is 1. The first-order chi connectivity index (χ1) is 8.63. The van der Waals surface area contributed by atoms with Crippen LogP contribution in [-0.4, -0.2) is 49.3 Å². The number of nitrogens with zero attached hydrogens (tertiary/aromatic N) is 1. The van der Waals surface area contributed by atoms with Crippen molar-refractivity contribution in [2.24, 2.45) is 0 Å². The number of aliphatic hydroxyl groups is 1. The predicted octanol–water partition coefficient (Wildman–Crippen LogP) is 0.586. The lowest BCUT2D eigenvalue weighted by Crippen LogP contribution is -2.48. The minimum absolute atomic E-state index is 0.190. The minimum atomic E-state index is -0.953. The van der Waals surface area contributed by atoms with Gasteiger partial charge in [0.15, 0.2) is 6.10 Å². The molecule has 1 heterocycles. The van der Waals surface area contributed by atoms with Crippen molar-refractivity contribution in [3.8, 4) is 5.75 Å². The van der Waals surface area contributed by atoms with Crippen molar-refractivity contribution in [2.45, 2.75) is 12.2 Å². The van der Waals surface area contributed by atoms with Crippen molar-refractivity contribution in [2.75, 3.05) is 27.3 Å². The van der Waals surface area contributed by atoms with Crippen LogP contribution in [0.1, 0.15) is 11.7 Å². The third-order valence-electron chi connectivity index (χ3n) is 3.09. The molecular formula is C13H17NO4. The monoisotopic (exact) mass is 251 g/mol. The van der Waals surface area contributed by atoms with Gasteiger partial charge in [0, 0.05) is 13.6 Å². The summed E-state index contributed by atoms with van der Waals surface area (Å²) >= 11 is 0. The van der Waals surface area contributed by atoms with Crippen LogP contribution in [0.2, 0.25) is 0 Å². The summed E-state index contributed by atoms with van der Waals surface area (Å²) in [4.78, 5) is 13.4. The average molecular weight is 251 g/mol. The summed E-state index contributed by atoms with van der Waals surface area (Å²) in [7, 11) is 3.28. The third kappa shape index (κ3) is 2.47. The zero-order valence-electron chi connectivity index (χ0n) is 10.5. The molecule has 1 aromatic rings. The molecule has 0 bridgehead atoms. The van der Waals surface area contributed by atoms with Crippen molar-refractivity contribution < 1.29 is 19.4 Å². The van der Waals surface area contributed by atoms with E-state index in [0.29, 0.717) is 24.5 Å². The van der Waals surface area contributed by atoms with Crippen molar-refractivity contribution >= 4 is 5.91 Å². The second kappa shape index (κ2) is 5.37. The summed E-state index contributed by atoms with van der Waals surface area (Å²) in [6.07, 6.45) is -1.77. The molecule has 1 fully saturated rings. The van der Waals surface area contributed by atoms with Gasteiger partial charge in [-0.05, 0) is 17.7 Å². The van der Waals surface area contributed by atoms with E-state index >= 15 is 0 Å². The van der Waals surface area contributed by atoms with Crippen LogP contribution >= 0.6 is 0 Å². The third-order valence-corrected chi connectivity index (χ3v) is 3.09. The van der Waals surface area contributed by atoms with E-state index in [2.05, 4.69) is 0 Å². The normalized spacial score (nSPS) is 21.8. The molecule has 0 saturated carbocycles. The Bertz CT molecular complexity index is 418. The highest BCUT2D eigenvalue weighted by molar-refractivity contribution is 5.82. The number of hydrogen-bond acceptors (Lipinski definition) is 4. The van der Waals surface area contributed by atoms with Gasteiger partial charge in [0.25, 0.3) is 5.91 Å². The van der Waals surface area contributed by atoms with E-state index in [1.165, 1.54) is 0 Å². The molecule has 98 valence electrons. The predicted molar refractivity (Wildman–Crippen MR) is 65.3 cm³/mol. The Labute approximate surface area is 106 Å². The zero-order valence-corrected chi connectivity index (χ0v) is 10.5. The number of likely N-dealkylation sites (N-methyl/N-ethyl adjacent to an activating group) is 1. The molecule has 1 saturated heterocycles. The highest BCUT2D eigenvalue weighted by atomic mass is 16.5. The summed E-state index contributed by atoms with van der Waals surface area (Å²) in [5.41, 5.74) is 0.643. The van der Waals surface area contributed by atoms with E-state index in [1.807, 2.05) is 0 Å². The summed E-state index contributed by atoms with van der Waals surface area (Å²) in [5.74, 6) is 0.517. The molecule has 2 rings (SSSR count). The Balaban J connectivity index is 2.14. The Morgan fingerprint density at radius 2 is 2.11 bits per heavy atom. The zero-order chi connectivity index (χ0) is 13.1. The molecule has 2 unspecified atom stereocenters. The maximum absolute atomic E-state index is 11.9. The first-order valence-electron chi connectivity index (χ1n) is 5.82. The van der Waals surface area contributed by atoms with Crippen molar-refractivity contribution in [1.82, 2.24) is 4.90 Å². The molecule has 0 spiro atoms. The van der Waals surface area contributed by atoms with E-state index in [-0.39, 0.29) is 5.91 Å². The minimum Gasteiger partial charge on any atom is -0.497 e. The van der Waals surface area contributed by atoms with Crippen LogP contribution in [0, 0.1) is 0 Å². The number of ether oxygens (including phenoxy) is 2. The first kappa shape index (κ1) is 12.9. The molecular weight excluding hydrogens is 234 g/mol. The van der Waals surface area contributed by atoms with Crippen LogP contribution in [0.5, 0.6) is 5.75 Å². The van der Waals surface area contributed by atoms with Crippen LogP contribution in [-0.2, 0) is 9.53 Å². The summed E-state index contributed by atoms with van der Waals surface area (Å²) in [6.45, 7) is 1.00. The van der Waals surface area contributed by atoms with Gasteiger partial charge in [-0.15, -0.1) is 0 Å². The van der Waals surface area contributed by atoms with Gasteiger partial charge >= 0.3 is 0 Å². The molecule has 0 radical (unpaired) electrons. The van der Waals surface area contributed by atoms with Crippen molar-refractivity contribution in [1.29, 1.82) is 0 Å². The van der Waals surface area contributed by atoms with Gasteiger partial charge in [-0.2, -0.15) is 0 Å². The fraction of sp³-hybridized carbons (Fsp3) is 0.462. The van der Waals surface area contributed by atoms with E-state index in [4.69, 9.17) is 9.47 Å². The van der Waals surface area contributed by atoms with E-state index in [1.54, 1.807) is 43.3 Å². The molecule has 1 aliphatic rings. The summed E-state index contributed by atoms with van der Waals surface area (Å²) < 4.78 is 10.4. The van der Waals surface area contributed by atoms with Gasteiger partial charge in [-0.3, -0.25) is 4.79 Å². The number of carbonyl (C=O) groups is 1. The standard InChI is InChI=1S/C13H17NO4/c1-14-7-8-18-12(13(14)16)11(15)9-3-5-10(17-2)6-4-9/h3-6,11-12,15H,7-8H2,1-2H3. The summed E-state index contributed by atoms with van der Waals surface area (Å²) in [6, 6.07) is 6.95. The second-order valence-corrected chi connectivity index (χ2v) is 4.27. The molecule has 1 amide bonds. The van der Waals surface area contributed by atoms with Crippen LogP contribution in [0.4, 0.5) is 0 Å². The molecule has 18 heavy (non-hydrogen) atoms. The van der Waals surface area contributed by atoms with Gasteiger partial charge < -0.3 is 19.5 Å². The smallest absolute Gasteiger partial charge is 0.254 e. The average Bonchev–Trinajstić information content (AvgIpc) is 2.41. The molecule has 1 aliphatic heterocycles. The number of methoxy groups -OCH3 is 1. The number of amides is 1. The van der Waals surface area contributed by atoms with Crippen LogP contribution in [0.3, 0.4) is 0 Å². The molecule has 0 aliphatic carbocycles. The van der Waals surface area contributed by atoms with E-state index in [9.17, 15) is 9.90 Å². The molecule has 5 heteroatoms. The van der Waals surface area contributed by atoms with Gasteiger partial charge in [0.2, 0.25) is 0 Å². The fourth-order valence-corrected chi connectivity index (χ4v) is 1.92. The second-order valence-electron chi connectivity index (χ2n) is 4.27. The maximum Gasteiger partial charge on any atom is 0.254 e. The van der Waals surface area contributed by atoms with E-state index < -0.39 is 12.2 Å². The van der Waals surface area contributed by atoms with Crippen molar-refractivity contribution in [3.63, 3.8) is 0 Å². The summed E-state index contributed by atoms with van der Waals surface area (Å²) in [5, 5.41) is 10.2. The van der Waals surface area contributed by atoms with Gasteiger partial charge in [-0.1, -0.05) is 12.1 Å². The lowest BCUT2D eigenvalue weighted by Gasteiger charge is -2.32. The van der Waals surface area contributed by atoms with Crippen LogP contribution < -0.4 is 4.74 Å². The van der Waals surface area contributed by atoms with Gasteiger partial charge in [0.05, 0.1) is 13.7 Å². The van der Waals surface area contributed by atoms with Crippen molar-refractivity contribution in [3.05, 3.63) is 29.8 Å². The number of morpholine rings is 1. The highest BCUT2D eigenvalue weighted by Crippen LogP contribution is 2.24. The number of benzene rings is 1. The Morgan fingerprint density at radius 1 is 1.44 bits per heavy atom. The number of aliphatic hydroxyl groups excluding tert-OH is 1. The van der Waals surface area contributed by atoms with Crippen LogP contribution in [0.25, 0.3) is 0 Å². The fourth-order valence-electron chi connectivity index (χ4n) is 1.92. The first-order valence-corrected chi connectivity index (χ1v) is 5.82. The van der Waals surface area contributed by atoms with Gasteiger partial charge in [-0.25, -0.2) is 0 Å². The maximum atomic E-state index is 11.9. The van der Waals surface area contributed by atoms with Crippen LogP contribution in [0.15, 0.2) is 24.3 Å². The Hall–Kier alpha value is -1.59. The molecule has 2 atom stereocenters. The highest BCUT2D eigenvalue weighted by Gasteiger charge is 2.34. The SMILES string of the molecule is COc1ccc(C(O)C2OCCN(C)C2=O)cc1. The lowest BCUT2D eigenvalue weighted by atomic mass is 10.0. The molecule has 1 aromatic carbocycles. The molecule has 1 N–H and O–H groups in total. The molecule has 5 nitrogen and oxygen atoms in total. The number of carbonyl (C=O) groups excluding carboxylic acids is 1. The number of rotatable bonds is 3. The van der Waals surface area contributed by atoms with E-state index in [0.717, 1.165) is 0 Å². The molecule has 0 aromatic heterocycles. The lowest BCUT2D eigenvalue weighted by molar-refractivity contribution is -0.161. The Morgan fingerprint density at radius 3 is 2.72 bits per heavy atom. The largest absolute Gasteiger partial charge is 0.497 e. The van der Waals surface area contributed by atoms with Gasteiger partial charge in [0.1, 0.15) is 11.9 Å². The quantitative estimate of drug-likeness (QED) is 0.854.